The lowest BCUT2D eigenvalue weighted by atomic mass is 10.0. The van der Waals surface area contributed by atoms with Gasteiger partial charge in [-0.1, -0.05) is 0 Å². The van der Waals surface area contributed by atoms with Gasteiger partial charge in [0.25, 0.3) is 0 Å². The Morgan fingerprint density at radius 3 is 2.60 bits per heavy atom. The number of nitrogens with two attached hydrogens (primary N) is 1. The minimum Gasteiger partial charge on any atom is -0.379 e. The van der Waals surface area contributed by atoms with Crippen LogP contribution in [0.15, 0.2) is 4.99 Å². The van der Waals surface area contributed by atoms with E-state index in [2.05, 4.69) is 35.6 Å². The predicted octanol–water partition coefficient (Wildman–Crippen LogP) is 0.133. The third kappa shape index (κ3) is 4.07. The van der Waals surface area contributed by atoms with E-state index in [1.54, 1.807) is 0 Å². The molecule has 0 spiro atoms. The molecule has 6 heteroatoms. The largest absolute Gasteiger partial charge is 0.379 e. The van der Waals surface area contributed by atoms with Crippen LogP contribution in [-0.2, 0) is 9.47 Å². The van der Waals surface area contributed by atoms with E-state index in [0.29, 0.717) is 12.5 Å². The summed E-state index contributed by atoms with van der Waals surface area (Å²) in [5, 5.41) is 0. The first-order valence-corrected chi connectivity index (χ1v) is 7.48. The Morgan fingerprint density at radius 1 is 1.25 bits per heavy atom. The molecule has 2 rings (SSSR count). The average molecular weight is 284 g/mol. The maximum atomic E-state index is 6.12. The van der Waals surface area contributed by atoms with Crippen molar-refractivity contribution in [2.75, 3.05) is 52.5 Å². The van der Waals surface area contributed by atoms with E-state index in [-0.39, 0.29) is 11.6 Å². The van der Waals surface area contributed by atoms with Gasteiger partial charge in [0.15, 0.2) is 5.96 Å². The highest BCUT2D eigenvalue weighted by Crippen LogP contribution is 2.16. The van der Waals surface area contributed by atoms with E-state index in [9.17, 15) is 0 Å². The van der Waals surface area contributed by atoms with Gasteiger partial charge in [0.1, 0.15) is 0 Å². The fourth-order valence-electron chi connectivity index (χ4n) is 2.67. The molecule has 2 heterocycles. The van der Waals surface area contributed by atoms with Crippen molar-refractivity contribution in [3.05, 3.63) is 0 Å². The van der Waals surface area contributed by atoms with Crippen LogP contribution in [0.3, 0.4) is 0 Å². The zero-order valence-electron chi connectivity index (χ0n) is 13.0. The van der Waals surface area contributed by atoms with Crippen molar-refractivity contribution < 1.29 is 9.47 Å². The molecule has 116 valence electrons. The molecule has 0 radical (unpaired) electrons. The van der Waals surface area contributed by atoms with Crippen molar-refractivity contribution in [3.63, 3.8) is 0 Å². The Bertz CT molecular complexity index is 340. The highest BCUT2D eigenvalue weighted by molar-refractivity contribution is 5.78. The highest BCUT2D eigenvalue weighted by Gasteiger charge is 2.28. The van der Waals surface area contributed by atoms with E-state index < -0.39 is 0 Å². The molecule has 20 heavy (non-hydrogen) atoms. The molecule has 0 aromatic heterocycles. The van der Waals surface area contributed by atoms with E-state index in [4.69, 9.17) is 15.2 Å². The number of rotatable bonds is 3. The molecule has 0 amide bonds. The van der Waals surface area contributed by atoms with E-state index >= 15 is 0 Å². The average Bonchev–Trinajstić information content (AvgIpc) is 2.46. The van der Waals surface area contributed by atoms with Crippen molar-refractivity contribution in [1.82, 2.24) is 9.80 Å². The van der Waals surface area contributed by atoms with Crippen molar-refractivity contribution >= 4 is 5.96 Å². The molecule has 6 nitrogen and oxygen atoms in total. The third-order valence-corrected chi connectivity index (χ3v) is 4.06. The molecule has 1 unspecified atom stereocenters. The highest BCUT2D eigenvalue weighted by atomic mass is 16.5. The zero-order chi connectivity index (χ0) is 14.6. The molecule has 2 aliphatic rings. The predicted molar refractivity (Wildman–Crippen MR) is 79.9 cm³/mol. The van der Waals surface area contributed by atoms with Gasteiger partial charge in [0, 0.05) is 31.7 Å². The summed E-state index contributed by atoms with van der Waals surface area (Å²) < 4.78 is 10.9. The molecule has 1 atom stereocenters. The van der Waals surface area contributed by atoms with Crippen LogP contribution in [0.2, 0.25) is 0 Å². The Morgan fingerprint density at radius 2 is 1.95 bits per heavy atom. The number of aliphatic imine (C=N–C) groups is 1. The number of hydrogen-bond donors (Lipinski definition) is 1. The normalized spacial score (nSPS) is 26.9. The van der Waals surface area contributed by atoms with Gasteiger partial charge < -0.3 is 20.1 Å². The molecule has 2 N–H and O–H groups in total. The van der Waals surface area contributed by atoms with Gasteiger partial charge in [0.05, 0.1) is 32.5 Å². The van der Waals surface area contributed by atoms with Crippen LogP contribution >= 0.6 is 0 Å². The second-order valence-corrected chi connectivity index (χ2v) is 6.21. The third-order valence-electron chi connectivity index (χ3n) is 4.06. The minimum absolute atomic E-state index is 0.0201. The van der Waals surface area contributed by atoms with Gasteiger partial charge in [-0.25, -0.2) is 0 Å². The van der Waals surface area contributed by atoms with Gasteiger partial charge in [-0.15, -0.1) is 0 Å². The molecule has 2 aliphatic heterocycles. The number of guanidine groups is 1. The lowest BCUT2D eigenvalue weighted by Crippen LogP contribution is -2.53. The number of ether oxygens (including phenoxy) is 2. The van der Waals surface area contributed by atoms with Gasteiger partial charge in [0.2, 0.25) is 0 Å². The summed E-state index contributed by atoms with van der Waals surface area (Å²) in [5.41, 5.74) is 6.14. The van der Waals surface area contributed by atoms with Crippen LogP contribution < -0.4 is 5.73 Å². The van der Waals surface area contributed by atoms with Crippen LogP contribution in [-0.4, -0.2) is 79.9 Å². The first-order valence-electron chi connectivity index (χ1n) is 7.48. The molecular weight excluding hydrogens is 256 g/mol. The summed E-state index contributed by atoms with van der Waals surface area (Å²) in [6.45, 7) is 13.2. The molecule has 0 saturated carbocycles. The van der Waals surface area contributed by atoms with Gasteiger partial charge in [-0.05, 0) is 20.8 Å². The number of nitrogens with zero attached hydrogens (tertiary/aromatic N) is 3. The SMILES string of the molecule is CC1CN(C(N)=NCC(C)(C)N2CCOCC2)CCO1. The van der Waals surface area contributed by atoms with Crippen LogP contribution in [0.5, 0.6) is 0 Å². The Balaban J connectivity index is 1.89. The zero-order valence-corrected chi connectivity index (χ0v) is 13.0. The number of hydrogen-bond acceptors (Lipinski definition) is 4. The molecule has 0 bridgehead atoms. The Kier molecular flexibility index (Phi) is 5.23. The maximum absolute atomic E-state index is 6.12. The topological polar surface area (TPSA) is 63.3 Å². The van der Waals surface area contributed by atoms with E-state index in [1.165, 1.54) is 0 Å². The van der Waals surface area contributed by atoms with Crippen LogP contribution in [0, 0.1) is 0 Å². The molecule has 0 aromatic rings. The summed E-state index contributed by atoms with van der Waals surface area (Å²) >= 11 is 0. The smallest absolute Gasteiger partial charge is 0.191 e. The van der Waals surface area contributed by atoms with Gasteiger partial charge >= 0.3 is 0 Å². The fraction of sp³-hybridized carbons (Fsp3) is 0.929. The fourth-order valence-corrected chi connectivity index (χ4v) is 2.67. The van der Waals surface area contributed by atoms with Crippen molar-refractivity contribution in [2.45, 2.75) is 32.4 Å². The number of morpholine rings is 2. The second kappa shape index (κ2) is 6.74. The van der Waals surface area contributed by atoms with Crippen molar-refractivity contribution in [2.24, 2.45) is 10.7 Å². The van der Waals surface area contributed by atoms with E-state index in [0.717, 1.165) is 46.0 Å². The monoisotopic (exact) mass is 284 g/mol. The summed E-state index contributed by atoms with van der Waals surface area (Å²) in [6, 6.07) is 0. The lowest BCUT2D eigenvalue weighted by molar-refractivity contribution is -0.00742. The van der Waals surface area contributed by atoms with Crippen LogP contribution in [0.4, 0.5) is 0 Å². The van der Waals surface area contributed by atoms with E-state index in [1.807, 2.05) is 0 Å². The first-order chi connectivity index (χ1) is 9.49. The Hall–Kier alpha value is -0.850. The van der Waals surface area contributed by atoms with Gasteiger partial charge in [-0.2, -0.15) is 0 Å². The Labute approximate surface area is 121 Å². The molecule has 2 saturated heterocycles. The first kappa shape index (κ1) is 15.5. The summed E-state index contributed by atoms with van der Waals surface area (Å²) in [7, 11) is 0. The molecule has 0 aliphatic carbocycles. The van der Waals surface area contributed by atoms with Crippen LogP contribution in [0.25, 0.3) is 0 Å². The summed E-state index contributed by atoms with van der Waals surface area (Å²) in [6.07, 6.45) is 0.227. The minimum atomic E-state index is 0.0201. The summed E-state index contributed by atoms with van der Waals surface area (Å²) in [5.74, 6) is 0.640. The second-order valence-electron chi connectivity index (χ2n) is 6.21. The maximum Gasteiger partial charge on any atom is 0.191 e. The van der Waals surface area contributed by atoms with Gasteiger partial charge in [-0.3, -0.25) is 9.89 Å². The van der Waals surface area contributed by atoms with Crippen molar-refractivity contribution in [3.8, 4) is 0 Å². The van der Waals surface area contributed by atoms with Crippen LogP contribution in [0.1, 0.15) is 20.8 Å². The lowest BCUT2D eigenvalue weighted by Gasteiger charge is -2.40. The quantitative estimate of drug-likeness (QED) is 0.590. The molecule has 0 aromatic carbocycles. The standard InChI is InChI=1S/C14H28N4O2/c1-12-10-17(4-9-20-12)13(15)16-11-14(2,3)18-5-7-19-8-6-18/h12H,4-11H2,1-3H3,(H2,15,16). The van der Waals surface area contributed by atoms with Crippen molar-refractivity contribution in [1.29, 1.82) is 0 Å². The molecule has 2 fully saturated rings. The molecular formula is C14H28N4O2. The summed E-state index contributed by atoms with van der Waals surface area (Å²) in [4.78, 5) is 9.15.